The van der Waals surface area contributed by atoms with Crippen LogP contribution in [0.3, 0.4) is 0 Å². The molecule has 1 heterocycles. The predicted molar refractivity (Wildman–Crippen MR) is 102 cm³/mol. The third-order valence-corrected chi connectivity index (χ3v) is 3.97. The average molecular weight is 357 g/mol. The molecule has 5 nitrogen and oxygen atoms in total. The highest BCUT2D eigenvalue weighted by atomic mass is 16.3. The number of aliphatic hydroxyl groups is 1. The standard InChI is InChI=1S/C21H27NO4/c1-6-10-16(15(4)5)20(25)22-13-18(24)19(21(22)26)17(23)12-9-7-8-11-14(2)3/h6,10-11,23H,1,4,7-9,12-13H2,2-3,5H3/b16-10+,19-17-. The van der Waals surface area contributed by atoms with E-state index in [1.54, 1.807) is 6.92 Å². The van der Waals surface area contributed by atoms with Crippen molar-refractivity contribution >= 4 is 17.6 Å². The van der Waals surface area contributed by atoms with Crippen molar-refractivity contribution in [3.05, 3.63) is 59.4 Å². The molecule has 0 spiro atoms. The van der Waals surface area contributed by atoms with Crippen LogP contribution in [-0.2, 0) is 14.4 Å². The van der Waals surface area contributed by atoms with E-state index < -0.39 is 17.6 Å². The summed E-state index contributed by atoms with van der Waals surface area (Å²) in [5.41, 5.74) is 1.63. The fourth-order valence-electron chi connectivity index (χ4n) is 2.61. The van der Waals surface area contributed by atoms with Crippen LogP contribution in [0.1, 0.15) is 46.5 Å². The highest BCUT2D eigenvalue weighted by Gasteiger charge is 2.40. The van der Waals surface area contributed by atoms with Crippen LogP contribution in [0.15, 0.2) is 59.4 Å². The molecule has 0 saturated carbocycles. The Bertz CT molecular complexity index is 718. The molecule has 0 aliphatic carbocycles. The van der Waals surface area contributed by atoms with Gasteiger partial charge in [-0.25, -0.2) is 0 Å². The Morgan fingerprint density at radius 1 is 1.23 bits per heavy atom. The fraction of sp³-hybridized carbons (Fsp3) is 0.381. The number of nitrogens with zero attached hydrogens (tertiary/aromatic N) is 1. The van der Waals surface area contributed by atoms with Gasteiger partial charge in [0.1, 0.15) is 11.3 Å². The van der Waals surface area contributed by atoms with E-state index in [-0.39, 0.29) is 29.9 Å². The third kappa shape index (κ3) is 5.41. The van der Waals surface area contributed by atoms with Crippen molar-refractivity contribution in [3.8, 4) is 0 Å². The molecule has 2 amide bonds. The highest BCUT2D eigenvalue weighted by Crippen LogP contribution is 2.23. The van der Waals surface area contributed by atoms with E-state index in [9.17, 15) is 19.5 Å². The number of carbonyl (C=O) groups is 3. The molecule has 0 aromatic carbocycles. The molecular formula is C21H27NO4. The summed E-state index contributed by atoms with van der Waals surface area (Å²) in [5, 5.41) is 10.2. The summed E-state index contributed by atoms with van der Waals surface area (Å²) in [7, 11) is 0. The van der Waals surface area contributed by atoms with E-state index >= 15 is 0 Å². The van der Waals surface area contributed by atoms with Crippen LogP contribution in [-0.4, -0.2) is 34.1 Å². The van der Waals surface area contributed by atoms with Crippen molar-refractivity contribution in [2.24, 2.45) is 0 Å². The summed E-state index contributed by atoms with van der Waals surface area (Å²) in [6.45, 7) is 12.5. The first-order valence-electron chi connectivity index (χ1n) is 8.64. The highest BCUT2D eigenvalue weighted by molar-refractivity contribution is 6.30. The van der Waals surface area contributed by atoms with Gasteiger partial charge in [0, 0.05) is 12.0 Å². The van der Waals surface area contributed by atoms with Crippen LogP contribution in [0.4, 0.5) is 0 Å². The molecule has 1 aliphatic heterocycles. The van der Waals surface area contributed by atoms with Crippen LogP contribution in [0.2, 0.25) is 0 Å². The summed E-state index contributed by atoms with van der Waals surface area (Å²) in [6.07, 6.45) is 7.59. The fourth-order valence-corrected chi connectivity index (χ4v) is 2.61. The van der Waals surface area contributed by atoms with Gasteiger partial charge in [0.05, 0.1) is 6.54 Å². The van der Waals surface area contributed by atoms with Crippen molar-refractivity contribution in [1.82, 2.24) is 4.90 Å². The van der Waals surface area contributed by atoms with E-state index in [2.05, 4.69) is 19.2 Å². The molecule has 0 atom stereocenters. The minimum atomic E-state index is -0.752. The van der Waals surface area contributed by atoms with E-state index in [0.717, 1.165) is 17.7 Å². The predicted octanol–water partition coefficient (Wildman–Crippen LogP) is 3.95. The summed E-state index contributed by atoms with van der Waals surface area (Å²) in [5.74, 6) is -2.14. The first kappa shape index (κ1) is 21.4. The van der Waals surface area contributed by atoms with Gasteiger partial charge in [0.2, 0.25) is 0 Å². The second-order valence-electron chi connectivity index (χ2n) is 6.56. The molecule has 5 heteroatoms. The largest absolute Gasteiger partial charge is 0.511 e. The molecule has 0 aromatic heterocycles. The van der Waals surface area contributed by atoms with Gasteiger partial charge in [0.15, 0.2) is 5.78 Å². The van der Waals surface area contributed by atoms with Crippen LogP contribution in [0.5, 0.6) is 0 Å². The second-order valence-corrected chi connectivity index (χ2v) is 6.56. The van der Waals surface area contributed by atoms with Crippen LogP contribution in [0.25, 0.3) is 0 Å². The zero-order valence-corrected chi connectivity index (χ0v) is 15.8. The number of likely N-dealkylation sites (tertiary alicyclic amines) is 1. The number of Topliss-reactive ketones (excluding diaryl/α,β-unsaturated/α-hetero) is 1. The smallest absolute Gasteiger partial charge is 0.268 e. The Kier molecular flexibility index (Phi) is 7.97. The normalized spacial score (nSPS) is 16.6. The molecule has 140 valence electrons. The summed E-state index contributed by atoms with van der Waals surface area (Å²) < 4.78 is 0. The van der Waals surface area contributed by atoms with E-state index in [4.69, 9.17) is 0 Å². The lowest BCUT2D eigenvalue weighted by molar-refractivity contribution is -0.138. The number of unbranched alkanes of at least 4 members (excludes halogenated alkanes) is 2. The quantitative estimate of drug-likeness (QED) is 0.178. The Morgan fingerprint density at radius 2 is 1.88 bits per heavy atom. The first-order valence-corrected chi connectivity index (χ1v) is 8.64. The second kappa shape index (κ2) is 9.70. The number of hydrogen-bond acceptors (Lipinski definition) is 4. The minimum absolute atomic E-state index is 0.212. The zero-order valence-electron chi connectivity index (χ0n) is 15.8. The van der Waals surface area contributed by atoms with Crippen molar-refractivity contribution in [2.75, 3.05) is 6.54 Å². The minimum Gasteiger partial charge on any atom is -0.511 e. The summed E-state index contributed by atoms with van der Waals surface area (Å²) in [6, 6.07) is 0. The number of aliphatic hydroxyl groups excluding tert-OH is 1. The van der Waals surface area contributed by atoms with Crippen LogP contribution in [0, 0.1) is 0 Å². The Morgan fingerprint density at radius 3 is 2.42 bits per heavy atom. The van der Waals surface area contributed by atoms with E-state index in [1.165, 1.54) is 17.7 Å². The molecule has 1 saturated heterocycles. The topological polar surface area (TPSA) is 74.7 Å². The number of carbonyl (C=O) groups excluding carboxylic acids is 3. The van der Waals surface area contributed by atoms with Crippen LogP contribution < -0.4 is 0 Å². The summed E-state index contributed by atoms with van der Waals surface area (Å²) >= 11 is 0. The number of amides is 2. The van der Waals surface area contributed by atoms with Gasteiger partial charge in [-0.2, -0.15) is 0 Å². The van der Waals surface area contributed by atoms with Gasteiger partial charge in [0.25, 0.3) is 11.8 Å². The zero-order chi connectivity index (χ0) is 19.9. The van der Waals surface area contributed by atoms with Gasteiger partial charge in [-0.3, -0.25) is 19.3 Å². The molecule has 0 radical (unpaired) electrons. The molecule has 1 N–H and O–H groups in total. The van der Waals surface area contributed by atoms with Gasteiger partial charge < -0.3 is 5.11 Å². The maximum Gasteiger partial charge on any atom is 0.268 e. The molecule has 0 bridgehead atoms. The van der Waals surface area contributed by atoms with Gasteiger partial charge in [-0.1, -0.05) is 30.9 Å². The van der Waals surface area contributed by atoms with Gasteiger partial charge in [-0.05, 0) is 51.7 Å². The third-order valence-electron chi connectivity index (χ3n) is 3.97. The lowest BCUT2D eigenvalue weighted by atomic mass is 10.1. The van der Waals surface area contributed by atoms with Crippen molar-refractivity contribution < 1.29 is 19.5 Å². The van der Waals surface area contributed by atoms with Crippen molar-refractivity contribution in [3.63, 3.8) is 0 Å². The van der Waals surface area contributed by atoms with Crippen molar-refractivity contribution in [2.45, 2.75) is 46.5 Å². The van der Waals surface area contributed by atoms with Crippen molar-refractivity contribution in [1.29, 1.82) is 0 Å². The first-order chi connectivity index (χ1) is 12.2. The molecular weight excluding hydrogens is 330 g/mol. The molecule has 0 unspecified atom stereocenters. The van der Waals surface area contributed by atoms with Gasteiger partial charge in [-0.15, -0.1) is 0 Å². The molecule has 0 aromatic rings. The lowest BCUT2D eigenvalue weighted by Crippen LogP contribution is -2.34. The summed E-state index contributed by atoms with van der Waals surface area (Å²) in [4.78, 5) is 38.0. The van der Waals surface area contributed by atoms with E-state index in [1.807, 2.05) is 13.8 Å². The Balaban J connectivity index is 2.89. The Labute approximate surface area is 155 Å². The number of allylic oxidation sites excluding steroid dienone is 5. The Hall–Kier alpha value is -2.69. The average Bonchev–Trinajstić information content (AvgIpc) is 2.85. The maximum atomic E-state index is 12.5. The monoisotopic (exact) mass is 357 g/mol. The molecule has 26 heavy (non-hydrogen) atoms. The molecule has 1 rings (SSSR count). The van der Waals surface area contributed by atoms with Crippen LogP contribution >= 0.6 is 0 Å². The number of ketones is 1. The molecule has 1 aliphatic rings. The number of rotatable bonds is 8. The SMILES string of the molecule is C=C/C=C(\C(=C)C)C(=O)N1CC(=O)/C(=C(/O)CCCCC=C(C)C)C1=O. The number of imide groups is 1. The number of hydrogen-bond donors (Lipinski definition) is 1. The lowest BCUT2D eigenvalue weighted by Gasteiger charge is -2.14. The van der Waals surface area contributed by atoms with E-state index in [0.29, 0.717) is 12.0 Å². The maximum absolute atomic E-state index is 12.5. The molecule has 1 fully saturated rings. The van der Waals surface area contributed by atoms with Gasteiger partial charge >= 0.3 is 0 Å².